The van der Waals surface area contributed by atoms with Crippen LogP contribution in [0.5, 0.6) is 0 Å². The summed E-state index contributed by atoms with van der Waals surface area (Å²) in [5, 5.41) is 0.182. The molecule has 1 amide bonds. The SMILES string of the molecule is CC(C)(C)OC(=O)N1CCC[C@@H]([S@@](=O)c2nc3ccccc3nc2Cl)C1. The van der Waals surface area contributed by atoms with Crippen LogP contribution in [0.4, 0.5) is 4.79 Å². The molecule has 3 rings (SSSR count). The van der Waals surface area contributed by atoms with E-state index >= 15 is 0 Å². The average Bonchev–Trinajstić information content (AvgIpc) is 2.59. The molecular formula is C18H22ClN3O3S. The molecule has 140 valence electrons. The van der Waals surface area contributed by atoms with E-state index in [1.807, 2.05) is 45.0 Å². The van der Waals surface area contributed by atoms with Crippen molar-refractivity contribution in [2.75, 3.05) is 13.1 Å². The van der Waals surface area contributed by atoms with Gasteiger partial charge in [-0.1, -0.05) is 23.7 Å². The molecule has 1 aliphatic rings. The summed E-state index contributed by atoms with van der Waals surface area (Å²) in [6.07, 6.45) is 1.11. The Morgan fingerprint density at radius 2 is 1.92 bits per heavy atom. The number of likely N-dealkylation sites (tertiary alicyclic amines) is 1. The fourth-order valence-corrected chi connectivity index (χ4v) is 4.63. The number of rotatable bonds is 2. The number of hydrogen-bond donors (Lipinski definition) is 0. The number of carbonyl (C=O) groups is 1. The normalized spacial score (nSPS) is 19.4. The third kappa shape index (κ3) is 4.32. The van der Waals surface area contributed by atoms with Gasteiger partial charge in [0.25, 0.3) is 0 Å². The second kappa shape index (κ2) is 7.48. The van der Waals surface area contributed by atoms with Gasteiger partial charge < -0.3 is 9.64 Å². The Morgan fingerprint density at radius 1 is 1.27 bits per heavy atom. The van der Waals surface area contributed by atoms with Crippen LogP contribution in [0.3, 0.4) is 0 Å². The summed E-state index contributed by atoms with van der Waals surface area (Å²) >= 11 is 6.23. The summed E-state index contributed by atoms with van der Waals surface area (Å²) in [4.78, 5) is 22.7. The maximum absolute atomic E-state index is 13.1. The number of ether oxygens (including phenoxy) is 1. The van der Waals surface area contributed by atoms with E-state index in [1.165, 1.54) is 0 Å². The molecule has 2 heterocycles. The number of aromatic nitrogens is 2. The van der Waals surface area contributed by atoms with Crippen LogP contribution in [-0.4, -0.2) is 49.1 Å². The first-order valence-electron chi connectivity index (χ1n) is 8.55. The number of para-hydroxylation sites is 2. The lowest BCUT2D eigenvalue weighted by Gasteiger charge is -2.33. The molecule has 1 aromatic carbocycles. The highest BCUT2D eigenvalue weighted by molar-refractivity contribution is 7.85. The number of amides is 1. The van der Waals surface area contributed by atoms with Crippen molar-refractivity contribution in [1.82, 2.24) is 14.9 Å². The van der Waals surface area contributed by atoms with E-state index in [2.05, 4.69) is 9.97 Å². The fraction of sp³-hybridized carbons (Fsp3) is 0.500. The largest absolute Gasteiger partial charge is 0.444 e. The molecule has 1 aliphatic heterocycles. The Hall–Kier alpha value is -1.73. The lowest BCUT2D eigenvalue weighted by Crippen LogP contribution is -2.46. The van der Waals surface area contributed by atoms with Gasteiger partial charge in [-0.25, -0.2) is 14.8 Å². The third-order valence-corrected chi connectivity index (χ3v) is 6.05. The minimum Gasteiger partial charge on any atom is -0.444 e. The molecule has 0 N–H and O–H groups in total. The lowest BCUT2D eigenvalue weighted by atomic mass is 10.1. The first kappa shape index (κ1) is 19.0. The monoisotopic (exact) mass is 395 g/mol. The van der Waals surface area contributed by atoms with Gasteiger partial charge in [0, 0.05) is 13.1 Å². The van der Waals surface area contributed by atoms with Crippen LogP contribution in [0.2, 0.25) is 5.15 Å². The van der Waals surface area contributed by atoms with E-state index < -0.39 is 16.4 Å². The van der Waals surface area contributed by atoms with Crippen LogP contribution in [0.1, 0.15) is 33.6 Å². The maximum atomic E-state index is 13.1. The van der Waals surface area contributed by atoms with Gasteiger partial charge in [0.15, 0.2) is 10.2 Å². The van der Waals surface area contributed by atoms with E-state index in [0.717, 1.165) is 12.8 Å². The third-order valence-electron chi connectivity index (χ3n) is 4.02. The van der Waals surface area contributed by atoms with E-state index in [1.54, 1.807) is 4.90 Å². The first-order valence-corrected chi connectivity index (χ1v) is 10.1. The second-order valence-electron chi connectivity index (χ2n) is 7.30. The van der Waals surface area contributed by atoms with Gasteiger partial charge in [0.1, 0.15) is 5.60 Å². The predicted octanol–water partition coefficient (Wildman–Crippen LogP) is 3.79. The molecule has 1 saturated heterocycles. The number of hydrogen-bond acceptors (Lipinski definition) is 5. The number of nitrogens with zero attached hydrogens (tertiary/aromatic N) is 3. The average molecular weight is 396 g/mol. The zero-order valence-corrected chi connectivity index (χ0v) is 16.6. The van der Waals surface area contributed by atoms with Crippen LogP contribution in [-0.2, 0) is 15.5 Å². The smallest absolute Gasteiger partial charge is 0.410 e. The summed E-state index contributed by atoms with van der Waals surface area (Å²) in [6, 6.07) is 7.32. The standard InChI is InChI=1S/C18H22ClN3O3S/c1-18(2,3)25-17(23)22-10-6-7-12(11-22)26(24)16-15(19)20-13-8-4-5-9-14(13)21-16/h4-5,8-9,12H,6-7,10-11H2,1-3H3/t12-,26-/m1/s1. The molecule has 0 unspecified atom stereocenters. The molecule has 0 bridgehead atoms. The molecular weight excluding hydrogens is 374 g/mol. The van der Waals surface area contributed by atoms with Crippen molar-refractivity contribution in [3.05, 3.63) is 29.4 Å². The van der Waals surface area contributed by atoms with Crippen molar-refractivity contribution in [3.63, 3.8) is 0 Å². The Bertz CT molecular complexity index is 853. The van der Waals surface area contributed by atoms with Crippen molar-refractivity contribution in [2.45, 2.75) is 49.5 Å². The summed E-state index contributed by atoms with van der Waals surface area (Å²) in [5.41, 5.74) is 0.758. The van der Waals surface area contributed by atoms with Crippen LogP contribution < -0.4 is 0 Å². The van der Waals surface area contributed by atoms with Gasteiger partial charge in [-0.05, 0) is 45.7 Å². The zero-order chi connectivity index (χ0) is 18.9. The molecule has 6 nitrogen and oxygen atoms in total. The molecule has 1 aromatic heterocycles. The minimum atomic E-state index is -1.45. The van der Waals surface area contributed by atoms with E-state index in [4.69, 9.17) is 16.3 Å². The Kier molecular flexibility index (Phi) is 5.48. The molecule has 0 saturated carbocycles. The number of halogens is 1. The Balaban J connectivity index is 1.79. The lowest BCUT2D eigenvalue weighted by molar-refractivity contribution is 0.0219. The van der Waals surface area contributed by atoms with Gasteiger partial charge in [-0.15, -0.1) is 0 Å². The van der Waals surface area contributed by atoms with E-state index in [-0.39, 0.29) is 21.5 Å². The van der Waals surface area contributed by atoms with Crippen LogP contribution in [0, 0.1) is 0 Å². The van der Waals surface area contributed by atoms with Crippen LogP contribution >= 0.6 is 11.6 Å². The maximum Gasteiger partial charge on any atom is 0.410 e. The van der Waals surface area contributed by atoms with Crippen molar-refractivity contribution in [1.29, 1.82) is 0 Å². The highest BCUT2D eigenvalue weighted by Gasteiger charge is 2.32. The molecule has 0 spiro atoms. The predicted molar refractivity (Wildman–Crippen MR) is 102 cm³/mol. The van der Waals surface area contributed by atoms with Gasteiger partial charge in [0.2, 0.25) is 0 Å². The van der Waals surface area contributed by atoms with Crippen molar-refractivity contribution >= 4 is 39.5 Å². The molecule has 2 atom stereocenters. The molecule has 8 heteroatoms. The molecule has 26 heavy (non-hydrogen) atoms. The minimum absolute atomic E-state index is 0.149. The topological polar surface area (TPSA) is 72.4 Å². The van der Waals surface area contributed by atoms with E-state index in [0.29, 0.717) is 24.1 Å². The molecule has 0 radical (unpaired) electrons. The quantitative estimate of drug-likeness (QED) is 0.773. The van der Waals surface area contributed by atoms with Gasteiger partial charge in [-0.3, -0.25) is 4.21 Å². The Labute approximate surface area is 160 Å². The van der Waals surface area contributed by atoms with Crippen molar-refractivity contribution < 1.29 is 13.7 Å². The second-order valence-corrected chi connectivity index (χ2v) is 9.30. The molecule has 1 fully saturated rings. The van der Waals surface area contributed by atoms with Crippen LogP contribution in [0.25, 0.3) is 11.0 Å². The highest BCUT2D eigenvalue weighted by atomic mass is 35.5. The summed E-state index contributed by atoms with van der Waals surface area (Å²) < 4.78 is 18.5. The van der Waals surface area contributed by atoms with Gasteiger partial charge in [0.05, 0.1) is 27.1 Å². The fourth-order valence-electron chi connectivity index (χ4n) is 2.85. The molecule has 2 aromatic rings. The number of benzene rings is 1. The van der Waals surface area contributed by atoms with Gasteiger partial charge >= 0.3 is 6.09 Å². The summed E-state index contributed by atoms with van der Waals surface area (Å²) in [6.45, 7) is 6.44. The zero-order valence-electron chi connectivity index (χ0n) is 15.1. The summed E-state index contributed by atoms with van der Waals surface area (Å²) in [5.74, 6) is 0. The Morgan fingerprint density at radius 3 is 2.58 bits per heavy atom. The molecule has 0 aliphatic carbocycles. The van der Waals surface area contributed by atoms with Gasteiger partial charge in [-0.2, -0.15) is 0 Å². The van der Waals surface area contributed by atoms with Crippen molar-refractivity contribution in [3.8, 4) is 0 Å². The first-order chi connectivity index (χ1) is 12.2. The van der Waals surface area contributed by atoms with Crippen molar-refractivity contribution in [2.24, 2.45) is 0 Å². The van der Waals surface area contributed by atoms with Crippen LogP contribution in [0.15, 0.2) is 29.3 Å². The summed E-state index contributed by atoms with van der Waals surface area (Å²) in [7, 11) is -1.45. The highest BCUT2D eigenvalue weighted by Crippen LogP contribution is 2.26. The number of fused-ring (bicyclic) bond motifs is 1. The van der Waals surface area contributed by atoms with E-state index in [9.17, 15) is 9.00 Å². The number of piperidine rings is 1. The number of carbonyl (C=O) groups excluding carboxylic acids is 1.